The van der Waals surface area contributed by atoms with E-state index in [1.807, 2.05) is 25.1 Å². The van der Waals surface area contributed by atoms with E-state index < -0.39 is 0 Å². The molecule has 6 heteroatoms. The second kappa shape index (κ2) is 6.24. The fourth-order valence-electron chi connectivity index (χ4n) is 1.67. The molecule has 1 amide bonds. The summed E-state index contributed by atoms with van der Waals surface area (Å²) < 4.78 is 0.815. The van der Waals surface area contributed by atoms with Crippen LogP contribution in [-0.2, 0) is 0 Å². The van der Waals surface area contributed by atoms with Crippen molar-refractivity contribution in [2.24, 2.45) is 0 Å². The van der Waals surface area contributed by atoms with Crippen molar-refractivity contribution in [2.45, 2.75) is 6.92 Å². The number of amides is 1. The van der Waals surface area contributed by atoms with E-state index in [9.17, 15) is 4.79 Å². The zero-order chi connectivity index (χ0) is 14.7. The van der Waals surface area contributed by atoms with Gasteiger partial charge < -0.3 is 10.6 Å². The van der Waals surface area contributed by atoms with Gasteiger partial charge in [-0.2, -0.15) is 0 Å². The van der Waals surface area contributed by atoms with Gasteiger partial charge in [-0.25, -0.2) is 4.98 Å². The van der Waals surface area contributed by atoms with Gasteiger partial charge in [-0.3, -0.25) is 4.79 Å². The van der Waals surface area contributed by atoms with Crippen molar-refractivity contribution >= 4 is 44.9 Å². The summed E-state index contributed by atoms with van der Waals surface area (Å²) in [5.74, 6) is 0.308. The number of anilines is 2. The second-order valence-electron chi connectivity index (χ2n) is 4.24. The van der Waals surface area contributed by atoms with Gasteiger partial charge in [0.1, 0.15) is 5.82 Å². The van der Waals surface area contributed by atoms with Crippen LogP contribution >= 0.6 is 27.5 Å². The lowest BCUT2D eigenvalue weighted by Crippen LogP contribution is -2.13. The third-order valence-electron chi connectivity index (χ3n) is 2.73. The molecule has 2 aromatic rings. The van der Waals surface area contributed by atoms with Crippen molar-refractivity contribution in [3.05, 3.63) is 51.1 Å². The lowest BCUT2D eigenvalue weighted by molar-refractivity contribution is 0.102. The van der Waals surface area contributed by atoms with Crippen LogP contribution in [0.25, 0.3) is 0 Å². The monoisotopic (exact) mass is 353 g/mol. The number of aromatic nitrogens is 1. The molecule has 1 aromatic carbocycles. The van der Waals surface area contributed by atoms with E-state index in [0.717, 1.165) is 10.0 Å². The molecular weight excluding hydrogens is 342 g/mol. The molecule has 0 bridgehead atoms. The van der Waals surface area contributed by atoms with E-state index in [4.69, 9.17) is 11.6 Å². The molecule has 1 heterocycles. The number of hydrogen-bond donors (Lipinski definition) is 2. The smallest absolute Gasteiger partial charge is 0.257 e. The van der Waals surface area contributed by atoms with Crippen LogP contribution in [0.15, 0.2) is 34.9 Å². The molecule has 0 aliphatic heterocycles. The van der Waals surface area contributed by atoms with Crippen LogP contribution in [-0.4, -0.2) is 17.9 Å². The molecule has 0 aliphatic carbocycles. The number of rotatable bonds is 3. The average Bonchev–Trinajstić information content (AvgIpc) is 2.43. The molecule has 0 saturated heterocycles. The Morgan fingerprint density at radius 3 is 2.80 bits per heavy atom. The van der Waals surface area contributed by atoms with Crippen molar-refractivity contribution in [3.8, 4) is 0 Å². The topological polar surface area (TPSA) is 54.0 Å². The van der Waals surface area contributed by atoms with Gasteiger partial charge in [0.15, 0.2) is 0 Å². The number of halogens is 2. The van der Waals surface area contributed by atoms with E-state index in [1.54, 1.807) is 13.1 Å². The van der Waals surface area contributed by atoms with Gasteiger partial charge in [-0.1, -0.05) is 17.7 Å². The summed E-state index contributed by atoms with van der Waals surface area (Å²) in [4.78, 5) is 16.3. The van der Waals surface area contributed by atoms with Crippen LogP contribution in [0.5, 0.6) is 0 Å². The number of pyridine rings is 1. The van der Waals surface area contributed by atoms with Gasteiger partial charge in [0.25, 0.3) is 5.91 Å². The molecule has 4 nitrogen and oxygen atoms in total. The van der Waals surface area contributed by atoms with E-state index in [0.29, 0.717) is 22.1 Å². The highest BCUT2D eigenvalue weighted by Crippen LogP contribution is 2.25. The van der Waals surface area contributed by atoms with Crippen LogP contribution in [0.3, 0.4) is 0 Å². The van der Waals surface area contributed by atoms with Gasteiger partial charge in [-0.05, 0) is 46.6 Å². The minimum absolute atomic E-state index is 0.278. The van der Waals surface area contributed by atoms with Gasteiger partial charge in [0.2, 0.25) is 0 Å². The molecule has 0 fully saturated rings. The number of nitrogens with one attached hydrogen (secondary N) is 2. The SMILES string of the molecule is CNc1cc(C(=O)Nc2cc(C)ccc2Br)c(Cl)cn1. The van der Waals surface area contributed by atoms with Crippen molar-refractivity contribution in [2.75, 3.05) is 17.7 Å². The van der Waals surface area contributed by atoms with Gasteiger partial charge in [0.05, 0.1) is 16.3 Å². The molecule has 20 heavy (non-hydrogen) atoms. The summed E-state index contributed by atoms with van der Waals surface area (Å²) >= 11 is 9.43. The predicted octanol–water partition coefficient (Wildman–Crippen LogP) is 4.10. The summed E-state index contributed by atoms with van der Waals surface area (Å²) in [6.45, 7) is 1.96. The first-order valence-corrected chi connectivity index (χ1v) is 7.09. The Bertz CT molecular complexity index is 661. The highest BCUT2D eigenvalue weighted by Gasteiger charge is 2.13. The molecule has 0 atom stereocenters. The van der Waals surface area contributed by atoms with Gasteiger partial charge >= 0.3 is 0 Å². The molecule has 0 saturated carbocycles. The third kappa shape index (κ3) is 3.29. The average molecular weight is 355 g/mol. The summed E-state index contributed by atoms with van der Waals surface area (Å²) in [7, 11) is 1.73. The normalized spacial score (nSPS) is 10.2. The van der Waals surface area contributed by atoms with Crippen molar-refractivity contribution in [1.29, 1.82) is 0 Å². The first-order valence-electron chi connectivity index (χ1n) is 5.92. The largest absolute Gasteiger partial charge is 0.373 e. The maximum atomic E-state index is 12.3. The molecule has 0 aliphatic rings. The van der Waals surface area contributed by atoms with Crippen molar-refractivity contribution in [1.82, 2.24) is 4.98 Å². The predicted molar refractivity (Wildman–Crippen MR) is 85.6 cm³/mol. The number of benzene rings is 1. The lowest BCUT2D eigenvalue weighted by atomic mass is 10.2. The highest BCUT2D eigenvalue weighted by atomic mass is 79.9. The van der Waals surface area contributed by atoms with Crippen LogP contribution in [0.4, 0.5) is 11.5 Å². The molecule has 104 valence electrons. The lowest BCUT2D eigenvalue weighted by Gasteiger charge is -2.10. The van der Waals surface area contributed by atoms with Crippen LogP contribution in [0.1, 0.15) is 15.9 Å². The number of aryl methyl sites for hydroxylation is 1. The fraction of sp³-hybridized carbons (Fsp3) is 0.143. The highest BCUT2D eigenvalue weighted by molar-refractivity contribution is 9.10. The van der Waals surface area contributed by atoms with Crippen LogP contribution < -0.4 is 10.6 Å². The van der Waals surface area contributed by atoms with E-state index >= 15 is 0 Å². The summed E-state index contributed by atoms with van der Waals surface area (Å²) in [5.41, 5.74) is 2.13. The van der Waals surface area contributed by atoms with E-state index in [1.165, 1.54) is 6.20 Å². The Hall–Kier alpha value is -1.59. The second-order valence-corrected chi connectivity index (χ2v) is 5.50. The maximum absolute atomic E-state index is 12.3. The van der Waals surface area contributed by atoms with Crippen molar-refractivity contribution < 1.29 is 4.79 Å². The first kappa shape index (κ1) is 14.8. The van der Waals surface area contributed by atoms with Crippen LogP contribution in [0.2, 0.25) is 5.02 Å². The zero-order valence-corrected chi connectivity index (χ0v) is 13.3. The Labute approximate surface area is 130 Å². The molecule has 0 unspecified atom stereocenters. The minimum atomic E-state index is -0.278. The summed E-state index contributed by atoms with van der Waals surface area (Å²) in [5, 5.41) is 6.02. The minimum Gasteiger partial charge on any atom is -0.373 e. The van der Waals surface area contributed by atoms with E-state index in [-0.39, 0.29) is 5.91 Å². The Balaban J connectivity index is 2.30. The molecule has 0 radical (unpaired) electrons. The number of carbonyl (C=O) groups is 1. The maximum Gasteiger partial charge on any atom is 0.257 e. The van der Waals surface area contributed by atoms with Gasteiger partial charge in [0, 0.05) is 17.7 Å². The fourth-order valence-corrected chi connectivity index (χ4v) is 2.21. The zero-order valence-electron chi connectivity index (χ0n) is 11.0. The standard InChI is InChI=1S/C14H13BrClN3O/c1-8-3-4-10(15)12(5-8)19-14(20)9-6-13(17-2)18-7-11(9)16/h3-7H,1-2H3,(H,17,18)(H,19,20). The first-order chi connectivity index (χ1) is 9.51. The Morgan fingerprint density at radius 1 is 1.35 bits per heavy atom. The molecule has 1 aromatic heterocycles. The van der Waals surface area contributed by atoms with Crippen LogP contribution in [0, 0.1) is 6.92 Å². The quantitative estimate of drug-likeness (QED) is 0.872. The van der Waals surface area contributed by atoms with Crippen molar-refractivity contribution in [3.63, 3.8) is 0 Å². The number of carbonyl (C=O) groups excluding carboxylic acids is 1. The number of nitrogens with zero attached hydrogens (tertiary/aromatic N) is 1. The molecule has 2 N–H and O–H groups in total. The molecular formula is C14H13BrClN3O. The summed E-state index contributed by atoms with van der Waals surface area (Å²) in [6, 6.07) is 7.34. The number of hydrogen-bond acceptors (Lipinski definition) is 3. The molecule has 0 spiro atoms. The summed E-state index contributed by atoms with van der Waals surface area (Å²) in [6.07, 6.45) is 1.45. The Kier molecular flexibility index (Phi) is 4.62. The Morgan fingerprint density at radius 2 is 2.10 bits per heavy atom. The molecule has 2 rings (SSSR count). The third-order valence-corrected chi connectivity index (χ3v) is 3.72. The van der Waals surface area contributed by atoms with Gasteiger partial charge in [-0.15, -0.1) is 0 Å². The van der Waals surface area contributed by atoms with E-state index in [2.05, 4.69) is 31.5 Å².